The number of phenols is 1. The number of carboxylic acids is 1. The summed E-state index contributed by atoms with van der Waals surface area (Å²) in [5, 5.41) is 19.1. The molecule has 1 aromatic rings. The van der Waals surface area contributed by atoms with Gasteiger partial charge in [-0.2, -0.15) is 0 Å². The van der Waals surface area contributed by atoms with Gasteiger partial charge in [0, 0.05) is 5.56 Å². The van der Waals surface area contributed by atoms with Crippen molar-refractivity contribution in [3.63, 3.8) is 0 Å². The number of benzene rings is 1. The summed E-state index contributed by atoms with van der Waals surface area (Å²) in [4.78, 5) is 11.1. The van der Waals surface area contributed by atoms with Crippen LogP contribution in [-0.4, -0.2) is 54.5 Å². The molecule has 1 aromatic carbocycles. The van der Waals surface area contributed by atoms with Gasteiger partial charge in [0.1, 0.15) is 18.0 Å². The van der Waals surface area contributed by atoms with Gasteiger partial charge in [-0.1, -0.05) is 19.4 Å². The van der Waals surface area contributed by atoms with Gasteiger partial charge in [0.2, 0.25) is 0 Å². The Morgan fingerprint density at radius 2 is 2.00 bits per heavy atom. The second-order valence-corrected chi connectivity index (χ2v) is 6.67. The van der Waals surface area contributed by atoms with Crippen molar-refractivity contribution in [1.29, 1.82) is 0 Å². The van der Waals surface area contributed by atoms with Crippen molar-refractivity contribution in [2.45, 2.75) is 38.7 Å². The molecule has 1 rings (SSSR count). The zero-order valence-electron chi connectivity index (χ0n) is 14.0. The molecule has 22 heavy (non-hydrogen) atoms. The Labute approximate surface area is 132 Å². The molecular formula is C17H28NO4+. The lowest BCUT2D eigenvalue weighted by Gasteiger charge is -2.29. The van der Waals surface area contributed by atoms with Gasteiger partial charge < -0.3 is 19.4 Å². The molecular weight excluding hydrogens is 282 g/mol. The van der Waals surface area contributed by atoms with Crippen LogP contribution < -0.4 is 4.74 Å². The zero-order valence-corrected chi connectivity index (χ0v) is 14.0. The van der Waals surface area contributed by atoms with Crippen LogP contribution in [0.15, 0.2) is 18.2 Å². The number of likely N-dealkylation sites (N-methyl/N-ethyl adjacent to an activating group) is 1. The fourth-order valence-corrected chi connectivity index (χ4v) is 2.40. The highest BCUT2D eigenvalue weighted by Gasteiger charge is 2.24. The van der Waals surface area contributed by atoms with Crippen LogP contribution in [-0.2, 0) is 11.2 Å². The molecule has 0 saturated heterocycles. The van der Waals surface area contributed by atoms with Crippen LogP contribution in [0.5, 0.6) is 11.5 Å². The van der Waals surface area contributed by atoms with Gasteiger partial charge in [-0.15, -0.1) is 0 Å². The molecule has 2 N–H and O–H groups in total. The molecule has 5 heteroatoms. The second-order valence-electron chi connectivity index (χ2n) is 6.67. The third-order valence-electron chi connectivity index (χ3n) is 3.34. The van der Waals surface area contributed by atoms with Crippen molar-refractivity contribution in [3.05, 3.63) is 23.8 Å². The maximum absolute atomic E-state index is 11.1. The first kappa shape index (κ1) is 18.3. The fraction of sp³-hybridized carbons (Fsp3) is 0.588. The minimum Gasteiger partial charge on any atom is -0.508 e. The highest BCUT2D eigenvalue weighted by molar-refractivity contribution is 5.67. The summed E-state index contributed by atoms with van der Waals surface area (Å²) in [6.45, 7) is 2.67. The first-order valence-electron chi connectivity index (χ1n) is 7.72. The van der Waals surface area contributed by atoms with Gasteiger partial charge in [0.15, 0.2) is 6.10 Å². The smallest absolute Gasteiger partial charge is 0.307 e. The van der Waals surface area contributed by atoms with Gasteiger partial charge in [-0.25, -0.2) is 0 Å². The SMILES string of the molecule is CCCCc1c(O)cccc1OC(CC(=O)O)C[N+](C)(C)C. The maximum atomic E-state index is 11.1. The molecule has 124 valence electrons. The Bertz CT molecular complexity index is 494. The molecule has 0 aliphatic rings. The molecule has 0 saturated carbocycles. The number of rotatable bonds is 9. The van der Waals surface area contributed by atoms with Crippen molar-refractivity contribution in [1.82, 2.24) is 0 Å². The van der Waals surface area contributed by atoms with Crippen LogP contribution in [0, 0.1) is 0 Å². The van der Waals surface area contributed by atoms with E-state index in [1.54, 1.807) is 18.2 Å². The fourth-order valence-electron chi connectivity index (χ4n) is 2.40. The molecule has 0 aromatic heterocycles. The normalized spacial score (nSPS) is 12.9. The molecule has 1 unspecified atom stereocenters. The highest BCUT2D eigenvalue weighted by Crippen LogP contribution is 2.30. The number of carboxylic acid groups (broad SMARTS) is 1. The number of ether oxygens (including phenoxy) is 1. The van der Waals surface area contributed by atoms with E-state index < -0.39 is 12.1 Å². The largest absolute Gasteiger partial charge is 0.508 e. The predicted molar refractivity (Wildman–Crippen MR) is 86.3 cm³/mol. The Morgan fingerprint density at radius 1 is 1.32 bits per heavy atom. The average molecular weight is 310 g/mol. The minimum atomic E-state index is -0.881. The quantitative estimate of drug-likeness (QED) is 0.688. The van der Waals surface area contributed by atoms with E-state index in [1.165, 1.54) is 0 Å². The summed E-state index contributed by atoms with van der Waals surface area (Å²) in [7, 11) is 6.00. The third kappa shape index (κ3) is 6.35. The number of hydrogen-bond acceptors (Lipinski definition) is 3. The third-order valence-corrected chi connectivity index (χ3v) is 3.34. The van der Waals surface area contributed by atoms with Crippen molar-refractivity contribution in [2.24, 2.45) is 0 Å². The topological polar surface area (TPSA) is 66.8 Å². The summed E-state index contributed by atoms with van der Waals surface area (Å²) in [5.74, 6) is -0.0767. The second kappa shape index (κ2) is 8.03. The molecule has 0 radical (unpaired) electrons. The van der Waals surface area contributed by atoms with Crippen LogP contribution in [0.4, 0.5) is 0 Å². The van der Waals surface area contributed by atoms with E-state index in [4.69, 9.17) is 9.84 Å². The van der Waals surface area contributed by atoms with Crippen LogP contribution in [0.1, 0.15) is 31.7 Å². The lowest BCUT2D eigenvalue weighted by Crippen LogP contribution is -2.44. The molecule has 0 bridgehead atoms. The van der Waals surface area contributed by atoms with Crippen LogP contribution >= 0.6 is 0 Å². The summed E-state index contributed by atoms with van der Waals surface area (Å²) < 4.78 is 6.57. The highest BCUT2D eigenvalue weighted by atomic mass is 16.5. The molecule has 0 spiro atoms. The predicted octanol–water partition coefficient (Wildman–Crippen LogP) is 2.66. The monoisotopic (exact) mass is 310 g/mol. The maximum Gasteiger partial charge on any atom is 0.307 e. The Balaban J connectivity index is 2.96. The van der Waals surface area contributed by atoms with E-state index in [0.717, 1.165) is 24.8 Å². The number of aliphatic carboxylic acids is 1. The van der Waals surface area contributed by atoms with Gasteiger partial charge in [-0.05, 0) is 25.0 Å². The summed E-state index contributed by atoms with van der Waals surface area (Å²) in [6, 6.07) is 5.17. The van der Waals surface area contributed by atoms with E-state index in [0.29, 0.717) is 16.8 Å². The van der Waals surface area contributed by atoms with E-state index in [2.05, 4.69) is 6.92 Å². The Hall–Kier alpha value is -1.75. The van der Waals surface area contributed by atoms with Gasteiger partial charge in [0.05, 0.1) is 27.6 Å². The standard InChI is InChI=1S/C17H27NO4/c1-5-6-8-14-15(19)9-7-10-16(14)22-13(11-17(20)21)12-18(2,3)4/h7,9-10,13H,5-6,8,11-12H2,1-4H3,(H-,19,20,21)/p+1. The van der Waals surface area contributed by atoms with Gasteiger partial charge in [-0.3, -0.25) is 4.79 Å². The first-order valence-corrected chi connectivity index (χ1v) is 7.72. The van der Waals surface area contributed by atoms with Crippen molar-refractivity contribution < 1.29 is 24.2 Å². The molecule has 0 amide bonds. The molecule has 0 aliphatic heterocycles. The number of aromatic hydroxyl groups is 1. The van der Waals surface area contributed by atoms with Crippen molar-refractivity contribution >= 4 is 5.97 Å². The molecule has 0 fully saturated rings. The number of phenolic OH excluding ortho intramolecular Hbond substituents is 1. The van der Waals surface area contributed by atoms with Crippen LogP contribution in [0.2, 0.25) is 0 Å². The van der Waals surface area contributed by atoms with Gasteiger partial charge in [0.25, 0.3) is 0 Å². The van der Waals surface area contributed by atoms with E-state index in [9.17, 15) is 9.90 Å². The molecule has 1 atom stereocenters. The molecule has 0 aliphatic carbocycles. The van der Waals surface area contributed by atoms with Crippen molar-refractivity contribution in [3.8, 4) is 11.5 Å². The Morgan fingerprint density at radius 3 is 2.55 bits per heavy atom. The number of unbranched alkanes of at least 4 members (excludes halogenated alkanes) is 1. The first-order chi connectivity index (χ1) is 10.2. The summed E-state index contributed by atoms with van der Waals surface area (Å²) in [6.07, 6.45) is 2.21. The lowest BCUT2D eigenvalue weighted by atomic mass is 10.1. The average Bonchev–Trinajstić information content (AvgIpc) is 2.35. The number of hydrogen-bond donors (Lipinski definition) is 2. The molecule has 0 heterocycles. The minimum absolute atomic E-state index is 0.0571. The van der Waals surface area contributed by atoms with E-state index in [1.807, 2.05) is 21.1 Å². The number of carbonyl (C=O) groups is 1. The van der Waals surface area contributed by atoms with Crippen LogP contribution in [0.3, 0.4) is 0 Å². The number of nitrogens with zero attached hydrogens (tertiary/aromatic N) is 1. The lowest BCUT2D eigenvalue weighted by molar-refractivity contribution is -0.873. The molecule has 5 nitrogen and oxygen atoms in total. The van der Waals surface area contributed by atoms with E-state index in [-0.39, 0.29) is 12.2 Å². The Kier molecular flexibility index (Phi) is 6.68. The zero-order chi connectivity index (χ0) is 16.8. The summed E-state index contributed by atoms with van der Waals surface area (Å²) >= 11 is 0. The van der Waals surface area contributed by atoms with Crippen LogP contribution in [0.25, 0.3) is 0 Å². The van der Waals surface area contributed by atoms with Crippen molar-refractivity contribution in [2.75, 3.05) is 27.7 Å². The summed E-state index contributed by atoms with van der Waals surface area (Å²) in [5.41, 5.74) is 0.765. The van der Waals surface area contributed by atoms with E-state index >= 15 is 0 Å². The van der Waals surface area contributed by atoms with Gasteiger partial charge >= 0.3 is 5.97 Å². The number of quaternary nitrogens is 1.